The average molecular weight is 430 g/mol. The number of carbonyl (C=O) groups is 1. The van der Waals surface area contributed by atoms with Crippen LogP contribution in [0.4, 0.5) is 5.69 Å². The number of nitrogens with one attached hydrogen (secondary N) is 2. The van der Waals surface area contributed by atoms with Crippen LogP contribution >= 0.6 is 0 Å². The summed E-state index contributed by atoms with van der Waals surface area (Å²) < 4.78 is 7.41. The number of amides is 1. The molecule has 2 N–H and O–H groups in total. The number of carbonyl (C=O) groups excluding carboxylic acids is 1. The third-order valence-corrected chi connectivity index (χ3v) is 6.00. The third-order valence-electron chi connectivity index (χ3n) is 6.00. The van der Waals surface area contributed by atoms with Crippen LogP contribution in [0.25, 0.3) is 16.6 Å². The number of nitrogens with zero attached hydrogens (tertiary/aromatic N) is 3. The molecule has 2 aromatic heterocycles. The Morgan fingerprint density at radius 3 is 2.69 bits per heavy atom. The summed E-state index contributed by atoms with van der Waals surface area (Å²) in [6.07, 6.45) is 9.56. The second-order valence-electron chi connectivity index (χ2n) is 8.09. The predicted octanol–water partition coefficient (Wildman–Crippen LogP) is 3.93. The van der Waals surface area contributed by atoms with Crippen molar-refractivity contribution < 1.29 is 9.53 Å². The molecule has 0 atom stereocenters. The number of ether oxygens (including phenoxy) is 1. The number of benzene rings is 1. The van der Waals surface area contributed by atoms with E-state index in [0.717, 1.165) is 53.9 Å². The van der Waals surface area contributed by atoms with E-state index in [1.54, 1.807) is 0 Å². The summed E-state index contributed by atoms with van der Waals surface area (Å²) in [5.74, 6) is -0.140. The third kappa shape index (κ3) is 3.91. The zero-order valence-corrected chi connectivity index (χ0v) is 18.2. The highest BCUT2D eigenvalue weighted by atomic mass is 16.5. The molecule has 3 heterocycles. The number of hydrogen-bond acceptors (Lipinski definition) is 5. The first kappa shape index (κ1) is 20.5. The van der Waals surface area contributed by atoms with Crippen LogP contribution in [0.1, 0.15) is 41.4 Å². The van der Waals surface area contributed by atoms with E-state index in [-0.39, 0.29) is 11.9 Å². The minimum absolute atomic E-state index is 0.140. The van der Waals surface area contributed by atoms with Gasteiger partial charge in [-0.25, -0.2) is 9.67 Å². The largest absolute Gasteiger partial charge is 0.381 e. The molecule has 1 aliphatic carbocycles. The summed E-state index contributed by atoms with van der Waals surface area (Å²) in [5.41, 5.74) is 4.87. The van der Waals surface area contributed by atoms with Crippen LogP contribution in [0.5, 0.6) is 0 Å². The van der Waals surface area contributed by atoms with Crippen LogP contribution < -0.4 is 10.6 Å². The summed E-state index contributed by atoms with van der Waals surface area (Å²) in [5, 5.41) is 12.2. The van der Waals surface area contributed by atoms with Crippen molar-refractivity contribution in [3.63, 3.8) is 0 Å². The molecule has 1 aliphatic heterocycles. The maximum Gasteiger partial charge on any atom is 0.255 e. The van der Waals surface area contributed by atoms with Crippen molar-refractivity contribution in [3.8, 4) is 0 Å². The minimum atomic E-state index is -0.140. The molecule has 5 rings (SSSR count). The number of fused-ring (bicyclic) bond motifs is 1. The normalized spacial score (nSPS) is 16.0. The molecule has 0 spiro atoms. The zero-order chi connectivity index (χ0) is 21.9. The Labute approximate surface area is 187 Å². The molecule has 1 saturated heterocycles. The number of pyridine rings is 1. The van der Waals surface area contributed by atoms with Crippen molar-refractivity contribution in [1.29, 1.82) is 0 Å². The Balaban J connectivity index is 1.59. The van der Waals surface area contributed by atoms with Gasteiger partial charge in [0.25, 0.3) is 5.91 Å². The van der Waals surface area contributed by atoms with E-state index in [0.29, 0.717) is 24.3 Å². The number of aryl methyl sites for hydroxylation is 1. The first-order chi connectivity index (χ1) is 15.7. The van der Waals surface area contributed by atoms with Gasteiger partial charge in [-0.3, -0.25) is 4.79 Å². The molecule has 1 fully saturated rings. The minimum Gasteiger partial charge on any atom is -0.381 e. The van der Waals surface area contributed by atoms with Gasteiger partial charge in [0.15, 0.2) is 5.65 Å². The van der Waals surface area contributed by atoms with Crippen molar-refractivity contribution >= 4 is 28.2 Å². The number of anilines is 1. The van der Waals surface area contributed by atoms with Crippen LogP contribution in [0.15, 0.2) is 54.8 Å². The van der Waals surface area contributed by atoms with E-state index in [1.807, 2.05) is 66.4 Å². The Morgan fingerprint density at radius 2 is 2.00 bits per heavy atom. The predicted molar refractivity (Wildman–Crippen MR) is 125 cm³/mol. The number of rotatable bonds is 7. The van der Waals surface area contributed by atoms with Gasteiger partial charge in [0.2, 0.25) is 0 Å². The van der Waals surface area contributed by atoms with Gasteiger partial charge < -0.3 is 15.4 Å². The molecule has 0 bridgehead atoms. The quantitative estimate of drug-likeness (QED) is 0.595. The standard InChI is InChI=1S/C25H27N5O2/c1-2-30-24-20(16-27-30)23(28-19-11-13-32-14-12-19)21(22(29-24)18-9-6-10-18)25(31)26-15-17-7-4-3-5-8-17/h3-10,16,19H,2,11-15H2,1H3,(H,26,31)(H,28,29). The lowest BCUT2D eigenvalue weighted by Crippen LogP contribution is -2.31. The molecule has 32 heavy (non-hydrogen) atoms. The lowest BCUT2D eigenvalue weighted by atomic mass is 9.96. The first-order valence-corrected chi connectivity index (χ1v) is 11.2. The number of allylic oxidation sites excluding steroid dienone is 4. The monoisotopic (exact) mass is 429 g/mol. The number of aromatic nitrogens is 3. The van der Waals surface area contributed by atoms with Gasteiger partial charge in [0.05, 0.1) is 28.5 Å². The van der Waals surface area contributed by atoms with Gasteiger partial charge in [-0.05, 0) is 25.3 Å². The van der Waals surface area contributed by atoms with Gasteiger partial charge in [-0.15, -0.1) is 0 Å². The van der Waals surface area contributed by atoms with E-state index in [9.17, 15) is 4.79 Å². The van der Waals surface area contributed by atoms with Gasteiger partial charge in [0.1, 0.15) is 0 Å². The average Bonchev–Trinajstić information content (AvgIpc) is 3.21. The Kier molecular flexibility index (Phi) is 5.73. The topological polar surface area (TPSA) is 81.1 Å². The van der Waals surface area contributed by atoms with E-state index >= 15 is 0 Å². The lowest BCUT2D eigenvalue weighted by Gasteiger charge is -2.26. The fraction of sp³-hybridized carbons (Fsp3) is 0.320. The lowest BCUT2D eigenvalue weighted by molar-refractivity contribution is 0.0904. The first-order valence-electron chi connectivity index (χ1n) is 11.2. The summed E-state index contributed by atoms with van der Waals surface area (Å²) >= 11 is 0. The van der Waals surface area contributed by atoms with Crippen LogP contribution in [0.3, 0.4) is 0 Å². The van der Waals surface area contributed by atoms with E-state index in [1.165, 1.54) is 0 Å². The van der Waals surface area contributed by atoms with E-state index in [2.05, 4.69) is 15.7 Å². The molecule has 0 unspecified atom stereocenters. The summed E-state index contributed by atoms with van der Waals surface area (Å²) in [6.45, 7) is 4.65. The molecule has 7 nitrogen and oxygen atoms in total. The van der Waals surface area contributed by atoms with Crippen molar-refractivity contribution in [3.05, 3.63) is 71.6 Å². The van der Waals surface area contributed by atoms with Gasteiger partial charge in [-0.2, -0.15) is 5.10 Å². The summed E-state index contributed by atoms with van der Waals surface area (Å²) in [7, 11) is 0. The molecule has 0 radical (unpaired) electrons. The molecule has 1 aromatic carbocycles. The van der Waals surface area contributed by atoms with E-state index < -0.39 is 0 Å². The molecule has 0 saturated carbocycles. The molecule has 164 valence electrons. The van der Waals surface area contributed by atoms with Crippen molar-refractivity contribution in [1.82, 2.24) is 20.1 Å². The molecular weight excluding hydrogens is 402 g/mol. The van der Waals surface area contributed by atoms with Crippen LogP contribution in [0, 0.1) is 0 Å². The van der Waals surface area contributed by atoms with E-state index in [4.69, 9.17) is 9.72 Å². The van der Waals surface area contributed by atoms with Crippen molar-refractivity contribution in [2.24, 2.45) is 0 Å². The fourth-order valence-electron chi connectivity index (χ4n) is 4.16. The highest BCUT2D eigenvalue weighted by Crippen LogP contribution is 2.35. The SMILES string of the molecule is CCn1ncc2c(NC3CCOCC3)c(C(=O)NCc3ccccc3)c(C3=CC=C3)nc21. The van der Waals surface area contributed by atoms with Gasteiger partial charge in [0, 0.05) is 37.9 Å². The Hall–Kier alpha value is -3.45. The second-order valence-corrected chi connectivity index (χ2v) is 8.09. The summed E-state index contributed by atoms with van der Waals surface area (Å²) in [6, 6.07) is 10.2. The van der Waals surface area contributed by atoms with Crippen LogP contribution in [0.2, 0.25) is 0 Å². The number of hydrogen-bond donors (Lipinski definition) is 2. The highest BCUT2D eigenvalue weighted by molar-refractivity contribution is 6.11. The van der Waals surface area contributed by atoms with Crippen molar-refractivity contribution in [2.75, 3.05) is 18.5 Å². The molecular formula is C25H27N5O2. The van der Waals surface area contributed by atoms with Crippen LogP contribution in [-0.2, 0) is 17.8 Å². The maximum atomic E-state index is 13.6. The maximum absolute atomic E-state index is 13.6. The van der Waals surface area contributed by atoms with Gasteiger partial charge >= 0.3 is 0 Å². The smallest absolute Gasteiger partial charge is 0.255 e. The molecule has 3 aromatic rings. The fourth-order valence-corrected chi connectivity index (χ4v) is 4.16. The Morgan fingerprint density at radius 1 is 1.22 bits per heavy atom. The second kappa shape index (κ2) is 8.96. The molecule has 2 aliphatic rings. The van der Waals surface area contributed by atoms with Gasteiger partial charge in [-0.1, -0.05) is 48.6 Å². The van der Waals surface area contributed by atoms with Crippen molar-refractivity contribution in [2.45, 2.75) is 38.9 Å². The Bertz CT molecular complexity index is 1190. The summed E-state index contributed by atoms with van der Waals surface area (Å²) in [4.78, 5) is 18.5. The van der Waals surface area contributed by atoms with Crippen LogP contribution in [-0.4, -0.2) is 39.9 Å². The molecule has 1 amide bonds. The highest BCUT2D eigenvalue weighted by Gasteiger charge is 2.27. The zero-order valence-electron chi connectivity index (χ0n) is 18.2. The molecule has 7 heteroatoms.